The van der Waals surface area contributed by atoms with Gasteiger partial charge in [-0.3, -0.25) is 9.59 Å². The van der Waals surface area contributed by atoms with Gasteiger partial charge in [0.2, 0.25) is 0 Å². The molecule has 0 atom stereocenters. The van der Waals surface area contributed by atoms with Crippen LogP contribution in [0.5, 0.6) is 0 Å². The predicted molar refractivity (Wildman–Crippen MR) is 126 cm³/mol. The first-order chi connectivity index (χ1) is 14.7. The molecule has 0 unspecified atom stereocenters. The van der Waals surface area contributed by atoms with E-state index in [9.17, 15) is 9.59 Å². The van der Waals surface area contributed by atoms with Crippen LogP contribution in [0.15, 0.2) is 47.6 Å². The SMILES string of the molecule is Cc1cc(Cl)ccc1NC(=O)C(=O)N/N=C\c1cc(C)n(-c2ccc(Cl)c(Cl)c2)c1C. The van der Waals surface area contributed by atoms with E-state index in [4.69, 9.17) is 34.8 Å². The number of nitrogens with zero attached hydrogens (tertiary/aromatic N) is 2. The van der Waals surface area contributed by atoms with Gasteiger partial charge in [-0.25, -0.2) is 5.43 Å². The molecule has 0 aliphatic carbocycles. The fourth-order valence-corrected chi connectivity index (χ4v) is 3.62. The van der Waals surface area contributed by atoms with E-state index in [1.54, 1.807) is 37.3 Å². The van der Waals surface area contributed by atoms with Crippen molar-refractivity contribution in [3.63, 3.8) is 0 Å². The lowest BCUT2D eigenvalue weighted by atomic mass is 10.2. The lowest BCUT2D eigenvalue weighted by molar-refractivity contribution is -0.136. The molecule has 9 heteroatoms. The fourth-order valence-electron chi connectivity index (χ4n) is 3.10. The molecular formula is C22H19Cl3N4O2. The van der Waals surface area contributed by atoms with E-state index in [0.29, 0.717) is 20.8 Å². The van der Waals surface area contributed by atoms with Crippen molar-refractivity contribution in [3.05, 3.63) is 80.0 Å². The Morgan fingerprint density at radius 3 is 2.35 bits per heavy atom. The minimum Gasteiger partial charge on any atom is -0.318 e. The molecule has 2 amide bonds. The number of benzene rings is 2. The van der Waals surface area contributed by atoms with Crippen LogP contribution in [0.2, 0.25) is 15.1 Å². The van der Waals surface area contributed by atoms with Crippen LogP contribution in [-0.2, 0) is 9.59 Å². The highest BCUT2D eigenvalue weighted by molar-refractivity contribution is 6.42. The van der Waals surface area contributed by atoms with Gasteiger partial charge >= 0.3 is 11.8 Å². The number of aryl methyl sites for hydroxylation is 2. The van der Waals surface area contributed by atoms with Crippen LogP contribution in [0.4, 0.5) is 5.69 Å². The standard InChI is InChI=1S/C22H19Cl3N4O2/c1-12-8-16(23)4-7-20(12)27-21(30)22(31)28-26-11-15-9-13(2)29(14(15)3)17-5-6-18(24)19(25)10-17/h4-11H,1-3H3,(H,27,30)(H,28,31)/b26-11-. The second kappa shape index (κ2) is 9.56. The molecule has 0 fully saturated rings. The third-order valence-electron chi connectivity index (χ3n) is 4.64. The summed E-state index contributed by atoms with van der Waals surface area (Å²) in [6.07, 6.45) is 1.48. The Morgan fingerprint density at radius 2 is 1.68 bits per heavy atom. The number of carbonyl (C=O) groups excluding carboxylic acids is 2. The Bertz CT molecular complexity index is 1200. The number of hydrogen-bond acceptors (Lipinski definition) is 3. The molecule has 1 heterocycles. The molecule has 0 spiro atoms. The average Bonchev–Trinajstić information content (AvgIpc) is 2.99. The highest BCUT2D eigenvalue weighted by atomic mass is 35.5. The molecule has 0 bridgehead atoms. The maximum absolute atomic E-state index is 12.1. The van der Waals surface area contributed by atoms with E-state index in [1.807, 2.05) is 30.5 Å². The van der Waals surface area contributed by atoms with Crippen molar-refractivity contribution >= 4 is 58.5 Å². The van der Waals surface area contributed by atoms with Crippen LogP contribution < -0.4 is 10.7 Å². The monoisotopic (exact) mass is 476 g/mol. The van der Waals surface area contributed by atoms with Gasteiger partial charge in [0.15, 0.2) is 0 Å². The van der Waals surface area contributed by atoms with Gasteiger partial charge in [0.05, 0.1) is 16.3 Å². The van der Waals surface area contributed by atoms with Crippen molar-refractivity contribution in [3.8, 4) is 5.69 Å². The maximum Gasteiger partial charge on any atom is 0.329 e. The van der Waals surface area contributed by atoms with Crippen LogP contribution in [-0.4, -0.2) is 22.6 Å². The largest absolute Gasteiger partial charge is 0.329 e. The Kier molecular flexibility index (Phi) is 7.05. The van der Waals surface area contributed by atoms with Gasteiger partial charge in [-0.2, -0.15) is 5.10 Å². The molecule has 0 saturated heterocycles. The molecule has 1 aromatic heterocycles. The van der Waals surface area contributed by atoms with E-state index in [1.165, 1.54) is 6.21 Å². The molecule has 0 radical (unpaired) electrons. The first kappa shape index (κ1) is 22.9. The lowest BCUT2D eigenvalue weighted by Crippen LogP contribution is -2.32. The number of nitrogens with one attached hydrogen (secondary N) is 2. The third-order valence-corrected chi connectivity index (χ3v) is 5.62. The summed E-state index contributed by atoms with van der Waals surface area (Å²) in [6.45, 7) is 5.63. The molecule has 2 aromatic carbocycles. The summed E-state index contributed by atoms with van der Waals surface area (Å²) in [5.41, 5.74) is 6.94. The van der Waals surface area contributed by atoms with Crippen LogP contribution in [0.3, 0.4) is 0 Å². The number of anilines is 1. The summed E-state index contributed by atoms with van der Waals surface area (Å²) in [6, 6.07) is 12.2. The number of hydrogen-bond donors (Lipinski definition) is 2. The first-order valence-corrected chi connectivity index (χ1v) is 10.4. The van der Waals surface area contributed by atoms with Gasteiger partial charge in [0.25, 0.3) is 0 Å². The second-order valence-electron chi connectivity index (χ2n) is 6.87. The van der Waals surface area contributed by atoms with Gasteiger partial charge in [-0.15, -0.1) is 0 Å². The smallest absolute Gasteiger partial charge is 0.318 e. The molecule has 2 N–H and O–H groups in total. The summed E-state index contributed by atoms with van der Waals surface area (Å²) in [4.78, 5) is 24.2. The molecule has 3 aromatic rings. The minimum absolute atomic E-state index is 0.455. The van der Waals surface area contributed by atoms with E-state index in [-0.39, 0.29) is 0 Å². The van der Waals surface area contributed by atoms with Crippen molar-refractivity contribution < 1.29 is 9.59 Å². The zero-order valence-corrected chi connectivity index (χ0v) is 19.2. The first-order valence-electron chi connectivity index (χ1n) is 9.22. The van der Waals surface area contributed by atoms with Crippen molar-refractivity contribution in [2.24, 2.45) is 5.10 Å². The number of amides is 2. The van der Waals surface area contributed by atoms with Crippen LogP contribution in [0, 0.1) is 20.8 Å². The second-order valence-corrected chi connectivity index (χ2v) is 8.12. The number of aromatic nitrogens is 1. The quantitative estimate of drug-likeness (QED) is 0.298. The lowest BCUT2D eigenvalue weighted by Gasteiger charge is -2.10. The molecule has 0 aliphatic heterocycles. The van der Waals surface area contributed by atoms with Crippen molar-refractivity contribution in [2.45, 2.75) is 20.8 Å². The molecule has 3 rings (SSSR count). The van der Waals surface area contributed by atoms with E-state index < -0.39 is 11.8 Å². The average molecular weight is 478 g/mol. The highest BCUT2D eigenvalue weighted by Crippen LogP contribution is 2.27. The Morgan fingerprint density at radius 1 is 0.935 bits per heavy atom. The van der Waals surface area contributed by atoms with Crippen LogP contribution >= 0.6 is 34.8 Å². The fraction of sp³-hybridized carbons (Fsp3) is 0.136. The summed E-state index contributed by atoms with van der Waals surface area (Å²) in [5, 5.41) is 7.92. The van der Waals surface area contributed by atoms with Gasteiger partial charge in [0.1, 0.15) is 0 Å². The molecular weight excluding hydrogens is 459 g/mol. The molecule has 160 valence electrons. The van der Waals surface area contributed by atoms with Gasteiger partial charge in [-0.1, -0.05) is 34.8 Å². The zero-order valence-electron chi connectivity index (χ0n) is 17.0. The minimum atomic E-state index is -0.885. The van der Waals surface area contributed by atoms with Crippen LogP contribution in [0.1, 0.15) is 22.5 Å². The summed E-state index contributed by atoms with van der Waals surface area (Å²) >= 11 is 18.0. The Labute approximate surface area is 194 Å². The maximum atomic E-state index is 12.1. The van der Waals surface area contributed by atoms with E-state index >= 15 is 0 Å². The number of halogens is 3. The predicted octanol–water partition coefficient (Wildman–Crippen LogP) is 5.45. The summed E-state index contributed by atoms with van der Waals surface area (Å²) in [5.74, 6) is -1.72. The third kappa shape index (κ3) is 5.28. The topological polar surface area (TPSA) is 75.5 Å². The molecule has 0 saturated carbocycles. The van der Waals surface area contributed by atoms with E-state index in [0.717, 1.165) is 28.2 Å². The van der Waals surface area contributed by atoms with Gasteiger partial charge in [0, 0.05) is 33.3 Å². The molecule has 6 nitrogen and oxygen atoms in total. The van der Waals surface area contributed by atoms with Crippen molar-refractivity contribution in [1.82, 2.24) is 9.99 Å². The molecule has 0 aliphatic rings. The zero-order chi connectivity index (χ0) is 22.7. The number of rotatable bonds is 4. The van der Waals surface area contributed by atoms with Crippen molar-refractivity contribution in [2.75, 3.05) is 5.32 Å². The van der Waals surface area contributed by atoms with Crippen LogP contribution in [0.25, 0.3) is 5.69 Å². The van der Waals surface area contributed by atoms with Gasteiger partial charge in [-0.05, 0) is 68.8 Å². The Balaban J connectivity index is 1.70. The van der Waals surface area contributed by atoms with E-state index in [2.05, 4.69) is 15.8 Å². The number of carbonyl (C=O) groups is 2. The Hall–Kier alpha value is -2.80. The van der Waals surface area contributed by atoms with Crippen molar-refractivity contribution in [1.29, 1.82) is 0 Å². The molecule has 31 heavy (non-hydrogen) atoms. The normalized spacial score (nSPS) is 11.0. The summed E-state index contributed by atoms with van der Waals surface area (Å²) < 4.78 is 1.99. The number of hydrazone groups is 1. The van der Waals surface area contributed by atoms with Gasteiger partial charge < -0.3 is 9.88 Å². The summed E-state index contributed by atoms with van der Waals surface area (Å²) in [7, 11) is 0. The highest BCUT2D eigenvalue weighted by Gasteiger charge is 2.15.